The van der Waals surface area contributed by atoms with Crippen molar-refractivity contribution in [2.24, 2.45) is 7.05 Å². The predicted molar refractivity (Wildman–Crippen MR) is 123 cm³/mol. The Kier molecular flexibility index (Phi) is 4.22. The van der Waals surface area contributed by atoms with Gasteiger partial charge in [-0.1, -0.05) is 32.9 Å². The number of carbonyl (C=O) groups is 1. The summed E-state index contributed by atoms with van der Waals surface area (Å²) in [6.07, 6.45) is 3.66. The minimum absolute atomic E-state index is 0.136. The molecule has 0 radical (unpaired) electrons. The van der Waals surface area contributed by atoms with E-state index in [0.29, 0.717) is 11.4 Å². The topological polar surface area (TPSA) is 91.4 Å². The highest BCUT2D eigenvalue weighted by Crippen LogP contribution is 2.34. The molecule has 0 saturated heterocycles. The number of fused-ring (bicyclic) bond motifs is 2. The molecule has 3 N–H and O–H groups in total. The predicted octanol–water partition coefficient (Wildman–Crippen LogP) is 4.99. The van der Waals surface area contributed by atoms with Crippen molar-refractivity contribution in [3.8, 4) is 11.1 Å². The molecule has 3 aromatic heterocycles. The van der Waals surface area contributed by atoms with E-state index in [1.54, 1.807) is 17.9 Å². The first kappa shape index (κ1) is 19.1. The van der Waals surface area contributed by atoms with Crippen LogP contribution >= 0.6 is 0 Å². The van der Waals surface area contributed by atoms with Gasteiger partial charge in [0.05, 0.1) is 23.1 Å². The molecular weight excluding hydrogens is 388 g/mol. The van der Waals surface area contributed by atoms with Crippen LogP contribution in [0, 0.1) is 0 Å². The Hall–Kier alpha value is -3.87. The van der Waals surface area contributed by atoms with Gasteiger partial charge in [0.2, 0.25) is 0 Å². The van der Waals surface area contributed by atoms with Gasteiger partial charge in [-0.15, -0.1) is 0 Å². The Morgan fingerprint density at radius 3 is 2.68 bits per heavy atom. The fourth-order valence-electron chi connectivity index (χ4n) is 3.88. The van der Waals surface area contributed by atoms with E-state index in [0.717, 1.165) is 38.6 Å². The van der Waals surface area contributed by atoms with E-state index in [4.69, 9.17) is 0 Å². The third kappa shape index (κ3) is 3.28. The van der Waals surface area contributed by atoms with Crippen LogP contribution in [0.2, 0.25) is 0 Å². The van der Waals surface area contributed by atoms with E-state index in [1.807, 2.05) is 30.5 Å². The molecule has 0 fully saturated rings. The van der Waals surface area contributed by atoms with Gasteiger partial charge in [-0.05, 0) is 41.5 Å². The van der Waals surface area contributed by atoms with Crippen LogP contribution in [0.25, 0.3) is 32.9 Å². The number of hydrogen-bond donors (Lipinski definition) is 3. The standard InChI is InChI=1S/C24H24N6O/c1-24(2,3)22-12-21(30(4)29-22)23(31)27-19-10-14(11-20-17(19)13-26-28-20)15-6-5-7-18-16(15)8-9-25-18/h5-13,25H,1-4H3,(H,26,28)(H,27,31). The van der Waals surface area contributed by atoms with Gasteiger partial charge in [-0.25, -0.2) is 0 Å². The van der Waals surface area contributed by atoms with Crippen molar-refractivity contribution >= 4 is 33.4 Å². The number of aromatic nitrogens is 5. The molecule has 7 heteroatoms. The monoisotopic (exact) mass is 412 g/mol. The fourth-order valence-corrected chi connectivity index (χ4v) is 3.88. The second-order valence-electron chi connectivity index (χ2n) is 8.84. The summed E-state index contributed by atoms with van der Waals surface area (Å²) in [5.74, 6) is -0.204. The van der Waals surface area contributed by atoms with Crippen LogP contribution in [-0.4, -0.2) is 30.9 Å². The molecule has 0 spiro atoms. The Morgan fingerprint density at radius 2 is 1.90 bits per heavy atom. The first-order valence-corrected chi connectivity index (χ1v) is 10.2. The van der Waals surface area contributed by atoms with Crippen molar-refractivity contribution in [1.82, 2.24) is 25.0 Å². The smallest absolute Gasteiger partial charge is 0.273 e. The molecule has 3 heterocycles. The minimum Gasteiger partial charge on any atom is -0.361 e. The van der Waals surface area contributed by atoms with Crippen molar-refractivity contribution in [3.63, 3.8) is 0 Å². The zero-order valence-electron chi connectivity index (χ0n) is 17.9. The molecule has 2 aromatic carbocycles. The SMILES string of the molecule is Cn1nc(C(C)(C)C)cc1C(=O)Nc1cc(-c2cccc3[nH]ccc23)cc2[nH]ncc12. The van der Waals surface area contributed by atoms with Gasteiger partial charge in [0.1, 0.15) is 5.69 Å². The lowest BCUT2D eigenvalue weighted by Crippen LogP contribution is -2.16. The van der Waals surface area contributed by atoms with E-state index in [2.05, 4.69) is 64.6 Å². The lowest BCUT2D eigenvalue weighted by atomic mass is 9.92. The third-order valence-electron chi connectivity index (χ3n) is 5.59. The highest BCUT2D eigenvalue weighted by molar-refractivity contribution is 6.09. The lowest BCUT2D eigenvalue weighted by molar-refractivity contribution is 0.101. The Labute approximate surface area is 179 Å². The summed E-state index contributed by atoms with van der Waals surface area (Å²) in [5, 5.41) is 16.8. The highest BCUT2D eigenvalue weighted by Gasteiger charge is 2.22. The minimum atomic E-state index is -0.204. The van der Waals surface area contributed by atoms with Gasteiger partial charge < -0.3 is 10.3 Å². The van der Waals surface area contributed by atoms with Crippen LogP contribution in [0.4, 0.5) is 5.69 Å². The molecule has 0 saturated carbocycles. The van der Waals surface area contributed by atoms with E-state index < -0.39 is 0 Å². The largest absolute Gasteiger partial charge is 0.361 e. The molecule has 7 nitrogen and oxygen atoms in total. The summed E-state index contributed by atoms with van der Waals surface area (Å²) < 4.78 is 1.63. The molecule has 0 aliphatic heterocycles. The maximum atomic E-state index is 13.2. The summed E-state index contributed by atoms with van der Waals surface area (Å²) in [7, 11) is 1.79. The van der Waals surface area contributed by atoms with Crippen LogP contribution in [-0.2, 0) is 12.5 Å². The number of benzene rings is 2. The Bertz CT molecular complexity index is 1430. The summed E-state index contributed by atoms with van der Waals surface area (Å²) in [5.41, 5.74) is 5.97. The number of aromatic amines is 2. The molecule has 31 heavy (non-hydrogen) atoms. The number of amides is 1. The van der Waals surface area contributed by atoms with Gasteiger partial charge in [0, 0.05) is 34.9 Å². The van der Waals surface area contributed by atoms with Crippen LogP contribution in [0.15, 0.2) is 54.9 Å². The van der Waals surface area contributed by atoms with E-state index in [1.165, 1.54) is 0 Å². The number of hydrogen-bond acceptors (Lipinski definition) is 3. The number of H-pyrrole nitrogens is 2. The second-order valence-corrected chi connectivity index (χ2v) is 8.84. The Morgan fingerprint density at radius 1 is 1.06 bits per heavy atom. The summed E-state index contributed by atoms with van der Waals surface area (Å²) in [6, 6.07) is 14.1. The maximum Gasteiger partial charge on any atom is 0.273 e. The normalized spacial score (nSPS) is 12.0. The second kappa shape index (κ2) is 6.84. The number of aryl methyl sites for hydroxylation is 1. The van der Waals surface area contributed by atoms with Crippen molar-refractivity contribution < 1.29 is 4.79 Å². The zero-order chi connectivity index (χ0) is 21.8. The number of carbonyl (C=O) groups excluding carboxylic acids is 1. The zero-order valence-corrected chi connectivity index (χ0v) is 17.9. The van der Waals surface area contributed by atoms with Gasteiger partial charge in [-0.3, -0.25) is 14.6 Å². The van der Waals surface area contributed by atoms with Crippen LogP contribution in [0.1, 0.15) is 37.0 Å². The van der Waals surface area contributed by atoms with Crippen LogP contribution in [0.3, 0.4) is 0 Å². The molecule has 0 aliphatic rings. The van der Waals surface area contributed by atoms with Crippen molar-refractivity contribution in [2.75, 3.05) is 5.32 Å². The van der Waals surface area contributed by atoms with Crippen molar-refractivity contribution in [3.05, 3.63) is 66.2 Å². The maximum absolute atomic E-state index is 13.2. The molecule has 0 aliphatic carbocycles. The molecule has 0 unspecified atom stereocenters. The quantitative estimate of drug-likeness (QED) is 0.390. The number of nitrogens with zero attached hydrogens (tertiary/aromatic N) is 3. The average Bonchev–Trinajstić information content (AvgIpc) is 3.45. The van der Waals surface area contributed by atoms with E-state index >= 15 is 0 Å². The number of anilines is 1. The number of rotatable bonds is 3. The molecule has 5 rings (SSSR count). The van der Waals surface area contributed by atoms with Gasteiger partial charge in [-0.2, -0.15) is 10.2 Å². The molecule has 1 amide bonds. The first-order valence-electron chi connectivity index (χ1n) is 10.2. The van der Waals surface area contributed by atoms with E-state index in [-0.39, 0.29) is 11.3 Å². The van der Waals surface area contributed by atoms with Gasteiger partial charge in [0.25, 0.3) is 5.91 Å². The lowest BCUT2D eigenvalue weighted by Gasteiger charge is -2.13. The molecular formula is C24H24N6O. The fraction of sp³-hybridized carbons (Fsp3) is 0.208. The average molecular weight is 412 g/mol. The van der Waals surface area contributed by atoms with Crippen LogP contribution in [0.5, 0.6) is 0 Å². The molecule has 5 aromatic rings. The van der Waals surface area contributed by atoms with E-state index in [9.17, 15) is 4.79 Å². The van der Waals surface area contributed by atoms with Gasteiger partial charge >= 0.3 is 0 Å². The summed E-state index contributed by atoms with van der Waals surface area (Å²) in [6.45, 7) is 6.24. The van der Waals surface area contributed by atoms with Crippen molar-refractivity contribution in [2.45, 2.75) is 26.2 Å². The van der Waals surface area contributed by atoms with Gasteiger partial charge in [0.15, 0.2) is 0 Å². The van der Waals surface area contributed by atoms with Crippen molar-refractivity contribution in [1.29, 1.82) is 0 Å². The molecule has 156 valence electrons. The molecule has 0 atom stereocenters. The highest BCUT2D eigenvalue weighted by atomic mass is 16.2. The first-order chi connectivity index (χ1) is 14.8. The summed E-state index contributed by atoms with van der Waals surface area (Å²) >= 11 is 0. The van der Waals surface area contributed by atoms with Crippen LogP contribution < -0.4 is 5.32 Å². The third-order valence-corrected chi connectivity index (χ3v) is 5.59. The number of nitrogens with one attached hydrogen (secondary N) is 3. The Balaban J connectivity index is 1.58. The summed E-state index contributed by atoms with van der Waals surface area (Å²) in [4.78, 5) is 16.4. The molecule has 0 bridgehead atoms.